The van der Waals surface area contributed by atoms with E-state index in [9.17, 15) is 9.59 Å². The van der Waals surface area contributed by atoms with Gasteiger partial charge >= 0.3 is 5.97 Å². The van der Waals surface area contributed by atoms with E-state index in [4.69, 9.17) is 25.8 Å². The summed E-state index contributed by atoms with van der Waals surface area (Å²) in [6.07, 6.45) is 2.25. The number of benzene rings is 2. The van der Waals surface area contributed by atoms with Crippen LogP contribution >= 0.6 is 11.6 Å². The maximum atomic E-state index is 12.4. The average Bonchev–Trinajstić information content (AvgIpc) is 3.14. The zero-order chi connectivity index (χ0) is 20.3. The van der Waals surface area contributed by atoms with Crippen molar-refractivity contribution in [2.75, 3.05) is 19.5 Å². The van der Waals surface area contributed by atoms with E-state index in [0.717, 1.165) is 19.3 Å². The molecule has 3 rings (SSSR count). The molecular weight excluding hydrogens is 382 g/mol. The molecule has 0 aromatic heterocycles. The first-order valence-corrected chi connectivity index (χ1v) is 9.36. The maximum absolute atomic E-state index is 12.4. The van der Waals surface area contributed by atoms with Gasteiger partial charge in [-0.05, 0) is 61.6 Å². The van der Waals surface area contributed by atoms with Gasteiger partial charge < -0.3 is 19.5 Å². The standard InChI is InChI=1S/C21H22ClNO5/c1-12(20(24)23-16-8-7-13-5-4-6-14(13)9-16)28-21(25)15-10-17(22)19(27-3)18(11-15)26-2/h7-12H,4-6H2,1-3H3,(H,23,24)/t12-/m1/s1. The molecule has 0 radical (unpaired) electrons. The van der Waals surface area contributed by atoms with Gasteiger partial charge in [0.2, 0.25) is 0 Å². The third-order valence-corrected chi connectivity index (χ3v) is 4.97. The summed E-state index contributed by atoms with van der Waals surface area (Å²) in [7, 11) is 2.89. The highest BCUT2D eigenvalue weighted by molar-refractivity contribution is 6.32. The summed E-state index contributed by atoms with van der Waals surface area (Å²) in [6, 6.07) is 8.74. The maximum Gasteiger partial charge on any atom is 0.339 e. The van der Waals surface area contributed by atoms with E-state index in [2.05, 4.69) is 5.32 Å². The highest BCUT2D eigenvalue weighted by Crippen LogP contribution is 2.36. The molecule has 28 heavy (non-hydrogen) atoms. The number of nitrogens with one attached hydrogen (secondary N) is 1. The largest absolute Gasteiger partial charge is 0.493 e. The molecule has 7 heteroatoms. The molecule has 0 saturated carbocycles. The zero-order valence-corrected chi connectivity index (χ0v) is 16.8. The molecule has 0 saturated heterocycles. The van der Waals surface area contributed by atoms with Crippen LogP contribution in [-0.2, 0) is 22.4 Å². The number of hydrogen-bond donors (Lipinski definition) is 1. The molecular formula is C21H22ClNO5. The number of amides is 1. The highest BCUT2D eigenvalue weighted by Gasteiger charge is 2.22. The van der Waals surface area contributed by atoms with Crippen LogP contribution in [0, 0.1) is 0 Å². The quantitative estimate of drug-likeness (QED) is 0.737. The Bertz CT molecular complexity index is 912. The van der Waals surface area contributed by atoms with Crippen LogP contribution in [0.4, 0.5) is 5.69 Å². The number of rotatable bonds is 6. The fourth-order valence-electron chi connectivity index (χ4n) is 3.21. The Labute approximate surface area is 168 Å². The Morgan fingerprint density at radius 1 is 1.07 bits per heavy atom. The third-order valence-electron chi connectivity index (χ3n) is 4.69. The lowest BCUT2D eigenvalue weighted by Gasteiger charge is -2.15. The van der Waals surface area contributed by atoms with Gasteiger partial charge in [0.25, 0.3) is 5.91 Å². The fraction of sp³-hybridized carbons (Fsp3) is 0.333. The van der Waals surface area contributed by atoms with Crippen LogP contribution in [0.1, 0.15) is 34.8 Å². The van der Waals surface area contributed by atoms with Gasteiger partial charge in [0.1, 0.15) is 0 Å². The monoisotopic (exact) mass is 403 g/mol. The van der Waals surface area contributed by atoms with Gasteiger partial charge in [-0.1, -0.05) is 17.7 Å². The summed E-state index contributed by atoms with van der Waals surface area (Å²) in [5, 5.41) is 3.01. The first-order valence-electron chi connectivity index (χ1n) is 8.98. The lowest BCUT2D eigenvalue weighted by molar-refractivity contribution is -0.123. The molecule has 0 aliphatic heterocycles. The van der Waals surface area contributed by atoms with Gasteiger partial charge in [-0.25, -0.2) is 4.79 Å². The van der Waals surface area contributed by atoms with Crippen molar-refractivity contribution in [3.63, 3.8) is 0 Å². The number of halogens is 1. The minimum Gasteiger partial charge on any atom is -0.493 e. The van der Waals surface area contributed by atoms with E-state index in [0.29, 0.717) is 17.2 Å². The number of carbonyl (C=O) groups is 2. The van der Waals surface area contributed by atoms with Crippen LogP contribution in [0.3, 0.4) is 0 Å². The predicted octanol–water partition coefficient (Wildman–Crippen LogP) is 4.03. The molecule has 0 unspecified atom stereocenters. The molecule has 0 fully saturated rings. The van der Waals surface area contributed by atoms with Crippen LogP contribution in [0.5, 0.6) is 11.5 Å². The van der Waals surface area contributed by atoms with E-state index < -0.39 is 18.0 Å². The van der Waals surface area contributed by atoms with Crippen molar-refractivity contribution in [3.8, 4) is 11.5 Å². The summed E-state index contributed by atoms with van der Waals surface area (Å²) in [6.45, 7) is 1.52. The van der Waals surface area contributed by atoms with Crippen LogP contribution in [0.15, 0.2) is 30.3 Å². The van der Waals surface area contributed by atoms with Crippen molar-refractivity contribution < 1.29 is 23.8 Å². The van der Waals surface area contributed by atoms with Crippen molar-refractivity contribution >= 4 is 29.2 Å². The van der Waals surface area contributed by atoms with E-state index in [1.54, 1.807) is 0 Å². The molecule has 1 aliphatic carbocycles. The first kappa shape index (κ1) is 20.0. The number of hydrogen-bond acceptors (Lipinski definition) is 5. The lowest BCUT2D eigenvalue weighted by Crippen LogP contribution is -2.30. The molecule has 2 aromatic carbocycles. The highest BCUT2D eigenvalue weighted by atomic mass is 35.5. The van der Waals surface area contributed by atoms with Gasteiger partial charge in [-0.2, -0.15) is 0 Å². The molecule has 0 spiro atoms. The molecule has 1 amide bonds. The fourth-order valence-corrected chi connectivity index (χ4v) is 3.50. The Morgan fingerprint density at radius 2 is 1.82 bits per heavy atom. The number of anilines is 1. The van der Waals surface area contributed by atoms with Crippen molar-refractivity contribution in [3.05, 3.63) is 52.0 Å². The van der Waals surface area contributed by atoms with Gasteiger partial charge in [0, 0.05) is 5.69 Å². The minimum absolute atomic E-state index is 0.167. The van der Waals surface area contributed by atoms with E-state index in [-0.39, 0.29) is 10.6 Å². The summed E-state index contributed by atoms with van der Waals surface area (Å²) in [5.41, 5.74) is 3.44. The molecule has 0 heterocycles. The molecule has 2 aromatic rings. The normalized spacial score (nSPS) is 13.4. The van der Waals surface area contributed by atoms with Crippen molar-refractivity contribution in [1.82, 2.24) is 0 Å². The van der Waals surface area contributed by atoms with Crippen molar-refractivity contribution in [1.29, 1.82) is 0 Å². The number of ether oxygens (including phenoxy) is 3. The van der Waals surface area contributed by atoms with Gasteiger partial charge in [-0.15, -0.1) is 0 Å². The zero-order valence-electron chi connectivity index (χ0n) is 16.0. The van der Waals surface area contributed by atoms with E-state index >= 15 is 0 Å². The molecule has 0 bridgehead atoms. The average molecular weight is 404 g/mol. The van der Waals surface area contributed by atoms with E-state index in [1.165, 1.54) is 44.4 Å². The van der Waals surface area contributed by atoms with Gasteiger partial charge in [0.05, 0.1) is 24.8 Å². The minimum atomic E-state index is -0.979. The first-order chi connectivity index (χ1) is 13.4. The molecule has 1 N–H and O–H groups in total. The summed E-state index contributed by atoms with van der Waals surface area (Å²) < 4.78 is 15.6. The third kappa shape index (κ3) is 4.22. The van der Waals surface area contributed by atoms with Crippen LogP contribution in [0.25, 0.3) is 0 Å². The van der Waals surface area contributed by atoms with Crippen molar-refractivity contribution in [2.45, 2.75) is 32.3 Å². The number of aryl methyl sites for hydroxylation is 2. The summed E-state index contributed by atoms with van der Waals surface area (Å²) in [4.78, 5) is 24.8. The van der Waals surface area contributed by atoms with Crippen LogP contribution < -0.4 is 14.8 Å². The van der Waals surface area contributed by atoms with Crippen LogP contribution in [0.2, 0.25) is 5.02 Å². The second kappa shape index (κ2) is 8.52. The molecule has 148 valence electrons. The van der Waals surface area contributed by atoms with E-state index in [1.807, 2.05) is 18.2 Å². The number of methoxy groups -OCH3 is 2. The predicted molar refractivity (Wildman–Crippen MR) is 107 cm³/mol. The van der Waals surface area contributed by atoms with Gasteiger partial charge in [0.15, 0.2) is 17.6 Å². The molecule has 1 aliphatic rings. The topological polar surface area (TPSA) is 73.9 Å². The molecule has 1 atom stereocenters. The second-order valence-corrected chi connectivity index (χ2v) is 6.97. The Kier molecular flexibility index (Phi) is 6.09. The number of esters is 1. The van der Waals surface area contributed by atoms with Gasteiger partial charge in [-0.3, -0.25) is 4.79 Å². The van der Waals surface area contributed by atoms with Crippen molar-refractivity contribution in [2.24, 2.45) is 0 Å². The lowest BCUT2D eigenvalue weighted by atomic mass is 10.1. The number of fused-ring (bicyclic) bond motifs is 1. The Balaban J connectivity index is 1.66. The smallest absolute Gasteiger partial charge is 0.339 e. The number of carbonyl (C=O) groups excluding carboxylic acids is 2. The Hall–Kier alpha value is -2.73. The second-order valence-electron chi connectivity index (χ2n) is 6.57. The summed E-state index contributed by atoms with van der Waals surface area (Å²) in [5.74, 6) is -0.461. The SMILES string of the molecule is COc1cc(C(=O)O[C@H](C)C(=O)Nc2ccc3c(c2)CCC3)cc(Cl)c1OC. The Morgan fingerprint density at radius 3 is 2.54 bits per heavy atom. The summed E-state index contributed by atoms with van der Waals surface area (Å²) >= 11 is 6.12. The van der Waals surface area contributed by atoms with Crippen LogP contribution in [-0.4, -0.2) is 32.2 Å². The molecule has 6 nitrogen and oxygen atoms in total.